The minimum atomic E-state index is -2.88. The summed E-state index contributed by atoms with van der Waals surface area (Å²) in [6, 6.07) is 4.89. The monoisotopic (exact) mass is 649 g/mol. The third-order valence-electron chi connectivity index (χ3n) is 8.64. The molecule has 0 unspecified atom stereocenters. The fourth-order valence-corrected chi connectivity index (χ4v) is 6.08. The van der Waals surface area contributed by atoms with Gasteiger partial charge in [-0.2, -0.15) is 10.2 Å². The number of nitrogens with one attached hydrogen (secondary N) is 2. The first-order chi connectivity index (χ1) is 22.8. The van der Waals surface area contributed by atoms with E-state index in [1.807, 2.05) is 18.2 Å². The number of aromatic nitrogens is 6. The van der Waals surface area contributed by atoms with Crippen LogP contribution < -0.4 is 20.4 Å². The number of anilines is 3. The van der Waals surface area contributed by atoms with Gasteiger partial charge in [0.05, 0.1) is 48.7 Å². The lowest BCUT2D eigenvalue weighted by Crippen LogP contribution is -2.49. The molecule has 4 amide bonds. The van der Waals surface area contributed by atoms with E-state index >= 15 is 0 Å². The van der Waals surface area contributed by atoms with Crippen LogP contribution in [0.2, 0.25) is 0 Å². The van der Waals surface area contributed by atoms with E-state index in [9.17, 15) is 23.2 Å². The molecule has 7 rings (SSSR count). The Hall–Kier alpha value is -5.03. The summed E-state index contributed by atoms with van der Waals surface area (Å²) in [4.78, 5) is 51.7. The smallest absolute Gasteiger partial charge is 0.328 e. The summed E-state index contributed by atoms with van der Waals surface area (Å²) in [5.41, 5.74) is 1.38. The summed E-state index contributed by atoms with van der Waals surface area (Å²) in [7, 11) is 0. The number of morpholine rings is 1. The van der Waals surface area contributed by atoms with Gasteiger partial charge in [0.25, 0.3) is 12.3 Å². The number of halogens is 2. The van der Waals surface area contributed by atoms with Crippen LogP contribution >= 0.6 is 0 Å². The van der Waals surface area contributed by atoms with Crippen molar-refractivity contribution < 1.29 is 27.9 Å². The number of ether oxygens (including phenoxy) is 1. The first-order valence-electron chi connectivity index (χ1n) is 15.5. The van der Waals surface area contributed by atoms with Gasteiger partial charge in [-0.1, -0.05) is 0 Å². The summed E-state index contributed by atoms with van der Waals surface area (Å²) < 4.78 is 36.6. The van der Waals surface area contributed by atoms with Gasteiger partial charge in [0.1, 0.15) is 11.4 Å². The molecule has 15 nitrogen and oxygen atoms in total. The number of hydrogen-bond donors (Lipinski definition) is 2. The van der Waals surface area contributed by atoms with E-state index in [4.69, 9.17) is 4.74 Å². The molecule has 3 aliphatic heterocycles. The summed E-state index contributed by atoms with van der Waals surface area (Å²) in [6.07, 6.45) is 4.87. The molecule has 3 saturated heterocycles. The van der Waals surface area contributed by atoms with Crippen molar-refractivity contribution in [2.45, 2.75) is 38.3 Å². The predicted molar refractivity (Wildman–Crippen MR) is 164 cm³/mol. The zero-order valence-electron chi connectivity index (χ0n) is 25.4. The second-order valence-corrected chi connectivity index (χ2v) is 11.6. The molecule has 17 heteroatoms. The predicted octanol–water partition coefficient (Wildman–Crippen LogP) is 2.63. The van der Waals surface area contributed by atoms with Gasteiger partial charge in [-0.25, -0.2) is 23.1 Å². The van der Waals surface area contributed by atoms with E-state index in [2.05, 4.69) is 40.6 Å². The minimum absolute atomic E-state index is 0.0489. The highest BCUT2D eigenvalue weighted by molar-refractivity contribution is 6.08. The number of pyridine rings is 1. The summed E-state index contributed by atoms with van der Waals surface area (Å²) in [5.74, 6) is -0.211. The first-order valence-corrected chi connectivity index (χ1v) is 15.5. The molecule has 4 aromatic heterocycles. The lowest BCUT2D eigenvalue weighted by atomic mass is 10.1. The van der Waals surface area contributed by atoms with E-state index in [1.54, 1.807) is 12.4 Å². The number of carbonyl (C=O) groups excluding carboxylic acids is 3. The second-order valence-electron chi connectivity index (χ2n) is 11.6. The Bertz CT molecular complexity index is 1780. The van der Waals surface area contributed by atoms with Crippen molar-refractivity contribution in [1.82, 2.24) is 39.6 Å². The normalized spacial score (nSPS) is 18.3. The van der Waals surface area contributed by atoms with Gasteiger partial charge < -0.3 is 15.0 Å². The van der Waals surface area contributed by atoms with Crippen molar-refractivity contribution in [3.63, 3.8) is 0 Å². The Kier molecular flexibility index (Phi) is 8.46. The zero-order valence-corrected chi connectivity index (χ0v) is 25.4. The maximum absolute atomic E-state index is 14.1. The lowest BCUT2D eigenvalue weighted by molar-refractivity contribution is -0.120. The molecule has 2 N–H and O–H groups in total. The van der Waals surface area contributed by atoms with Crippen LogP contribution in [0.5, 0.6) is 0 Å². The van der Waals surface area contributed by atoms with Crippen molar-refractivity contribution >= 4 is 40.7 Å². The van der Waals surface area contributed by atoms with Crippen LogP contribution in [0.3, 0.4) is 0 Å². The number of urea groups is 1. The molecular formula is C30H33F2N11O4. The Balaban J connectivity index is 0.985. The Morgan fingerprint density at radius 2 is 1.87 bits per heavy atom. The number of nitrogens with zero attached hydrogens (tertiary/aromatic N) is 9. The highest BCUT2D eigenvalue weighted by Crippen LogP contribution is 2.31. The fourth-order valence-electron chi connectivity index (χ4n) is 6.08. The molecular weight excluding hydrogens is 616 g/mol. The third kappa shape index (κ3) is 6.48. The van der Waals surface area contributed by atoms with Gasteiger partial charge in [-0.3, -0.25) is 34.4 Å². The standard InChI is InChI=1S/C30H33F2N11O4/c31-27(32)26-23(35-29(45)22-16-34-42-10-5-24(36-28(22)42)40-11-13-47-14-12-40)18-43(38-26)20-3-7-39(8-4-20)17-19-1-2-21(15-33-19)41-9-6-25(44)37-30(41)46/h1-2,5,10,15-16,18,20,27H,3-4,6-9,11-14,17H2,(H,35,45)(H,37,44,46). The molecule has 0 spiro atoms. The third-order valence-corrected chi connectivity index (χ3v) is 8.64. The molecule has 3 aliphatic rings. The van der Waals surface area contributed by atoms with Crippen LogP contribution in [0.4, 0.5) is 30.8 Å². The molecule has 0 atom stereocenters. The van der Waals surface area contributed by atoms with E-state index < -0.39 is 24.1 Å². The number of fused-ring (bicyclic) bond motifs is 1. The van der Waals surface area contributed by atoms with Gasteiger partial charge in [0, 0.05) is 58.1 Å². The Morgan fingerprint density at radius 3 is 2.60 bits per heavy atom. The molecule has 0 radical (unpaired) electrons. The highest BCUT2D eigenvalue weighted by Gasteiger charge is 2.28. The number of piperidine rings is 1. The Labute approximate surface area is 267 Å². The SMILES string of the molecule is O=C1CCN(c2ccc(CN3CCC(n4cc(NC(=O)c5cnn6ccc(N7CCOCC7)nc56)c(C(F)F)n4)CC3)nc2)C(=O)N1. The van der Waals surface area contributed by atoms with Crippen molar-refractivity contribution in [1.29, 1.82) is 0 Å². The first kappa shape index (κ1) is 30.6. The largest absolute Gasteiger partial charge is 0.378 e. The van der Waals surface area contributed by atoms with Crippen LogP contribution in [0, 0.1) is 0 Å². The molecule has 7 heterocycles. The summed E-state index contributed by atoms with van der Waals surface area (Å²) in [5, 5.41) is 13.3. The van der Waals surface area contributed by atoms with Crippen molar-refractivity contribution in [2.24, 2.45) is 0 Å². The average Bonchev–Trinajstić information content (AvgIpc) is 3.70. The van der Waals surface area contributed by atoms with E-state index in [0.29, 0.717) is 82.5 Å². The van der Waals surface area contributed by atoms with Crippen LogP contribution in [-0.4, -0.2) is 98.0 Å². The maximum atomic E-state index is 14.1. The van der Waals surface area contributed by atoms with Crippen LogP contribution in [0.25, 0.3) is 5.65 Å². The van der Waals surface area contributed by atoms with Gasteiger partial charge in [-0.05, 0) is 31.0 Å². The minimum Gasteiger partial charge on any atom is -0.378 e. The topological polar surface area (TPSA) is 155 Å². The van der Waals surface area contributed by atoms with Crippen molar-refractivity contribution in [3.05, 3.63) is 59.9 Å². The molecule has 246 valence electrons. The van der Waals surface area contributed by atoms with Crippen molar-refractivity contribution in [3.8, 4) is 0 Å². The number of likely N-dealkylation sites (tertiary alicyclic amines) is 1. The number of amides is 4. The molecule has 0 bridgehead atoms. The van der Waals surface area contributed by atoms with E-state index in [-0.39, 0.29) is 29.6 Å². The summed E-state index contributed by atoms with van der Waals surface area (Å²) in [6.45, 7) is 4.77. The molecule has 0 aliphatic carbocycles. The number of imide groups is 1. The fraction of sp³-hybridized carbons (Fsp3) is 0.433. The molecule has 4 aromatic rings. The van der Waals surface area contributed by atoms with Gasteiger partial charge in [0.2, 0.25) is 5.91 Å². The van der Waals surface area contributed by atoms with Gasteiger partial charge in [-0.15, -0.1) is 0 Å². The second kappa shape index (κ2) is 13.0. The van der Waals surface area contributed by atoms with Crippen LogP contribution in [-0.2, 0) is 16.1 Å². The number of rotatable bonds is 8. The van der Waals surface area contributed by atoms with E-state index in [0.717, 1.165) is 5.69 Å². The van der Waals surface area contributed by atoms with Crippen LogP contribution in [0.15, 0.2) is 43.0 Å². The van der Waals surface area contributed by atoms with Crippen molar-refractivity contribution in [2.75, 3.05) is 61.1 Å². The number of hydrogen-bond acceptors (Lipinski definition) is 10. The number of alkyl halides is 2. The maximum Gasteiger partial charge on any atom is 0.328 e. The molecule has 0 aromatic carbocycles. The van der Waals surface area contributed by atoms with Gasteiger partial charge in [0.15, 0.2) is 11.3 Å². The van der Waals surface area contributed by atoms with E-state index in [1.165, 1.54) is 26.5 Å². The molecule has 47 heavy (non-hydrogen) atoms. The quantitative estimate of drug-likeness (QED) is 0.291. The molecule has 0 saturated carbocycles. The Morgan fingerprint density at radius 1 is 1.06 bits per heavy atom. The highest BCUT2D eigenvalue weighted by atomic mass is 19.3. The van der Waals surface area contributed by atoms with Gasteiger partial charge >= 0.3 is 6.03 Å². The van der Waals surface area contributed by atoms with Crippen LogP contribution in [0.1, 0.15) is 53.5 Å². The summed E-state index contributed by atoms with van der Waals surface area (Å²) >= 11 is 0. The number of carbonyl (C=O) groups is 3. The molecule has 3 fully saturated rings. The zero-order chi connectivity index (χ0) is 32.5. The average molecular weight is 650 g/mol. The lowest BCUT2D eigenvalue weighted by Gasteiger charge is -2.32.